The van der Waals surface area contributed by atoms with Crippen molar-refractivity contribution in [3.8, 4) is 0 Å². The SMILES string of the molecule is CC(C)CCCNC(=O)c1cccc(C(F)(F)F)c1F. The Morgan fingerprint density at radius 1 is 1.30 bits per heavy atom. The van der Waals surface area contributed by atoms with Crippen molar-refractivity contribution in [1.82, 2.24) is 5.32 Å². The molecule has 0 fully saturated rings. The Morgan fingerprint density at radius 2 is 1.95 bits per heavy atom. The van der Waals surface area contributed by atoms with Crippen molar-refractivity contribution in [2.45, 2.75) is 32.9 Å². The lowest BCUT2D eigenvalue weighted by molar-refractivity contribution is -0.140. The highest BCUT2D eigenvalue weighted by Gasteiger charge is 2.35. The van der Waals surface area contributed by atoms with Crippen molar-refractivity contribution >= 4 is 5.91 Å². The zero-order chi connectivity index (χ0) is 15.3. The summed E-state index contributed by atoms with van der Waals surface area (Å²) in [7, 11) is 0. The predicted octanol–water partition coefficient (Wildman–Crippen LogP) is 4.01. The highest BCUT2D eigenvalue weighted by molar-refractivity contribution is 5.94. The zero-order valence-corrected chi connectivity index (χ0v) is 11.4. The maximum absolute atomic E-state index is 13.7. The number of hydrogen-bond acceptors (Lipinski definition) is 1. The fraction of sp³-hybridized carbons (Fsp3) is 0.500. The van der Waals surface area contributed by atoms with E-state index in [0.29, 0.717) is 24.9 Å². The lowest BCUT2D eigenvalue weighted by Gasteiger charge is -2.11. The average molecular weight is 291 g/mol. The summed E-state index contributed by atoms with van der Waals surface area (Å²) in [6.45, 7) is 4.36. The van der Waals surface area contributed by atoms with Crippen LogP contribution in [-0.4, -0.2) is 12.5 Å². The molecule has 20 heavy (non-hydrogen) atoms. The molecule has 0 aliphatic heterocycles. The van der Waals surface area contributed by atoms with Gasteiger partial charge in [0, 0.05) is 6.54 Å². The highest BCUT2D eigenvalue weighted by Crippen LogP contribution is 2.32. The van der Waals surface area contributed by atoms with Gasteiger partial charge in [-0.15, -0.1) is 0 Å². The van der Waals surface area contributed by atoms with Crippen LogP contribution in [0.2, 0.25) is 0 Å². The first kappa shape index (κ1) is 16.5. The summed E-state index contributed by atoms with van der Waals surface area (Å²) in [6.07, 6.45) is -3.23. The quantitative estimate of drug-likeness (QED) is 0.644. The Bertz CT molecular complexity index is 469. The molecule has 1 N–H and O–H groups in total. The molecule has 0 radical (unpaired) electrons. The molecule has 0 spiro atoms. The van der Waals surface area contributed by atoms with Crippen LogP contribution in [0.15, 0.2) is 18.2 Å². The van der Waals surface area contributed by atoms with Gasteiger partial charge >= 0.3 is 6.18 Å². The number of hydrogen-bond donors (Lipinski definition) is 1. The van der Waals surface area contributed by atoms with Crippen molar-refractivity contribution < 1.29 is 22.4 Å². The fourth-order valence-electron chi connectivity index (χ4n) is 1.73. The second-order valence-corrected chi connectivity index (χ2v) is 4.96. The first-order valence-electron chi connectivity index (χ1n) is 6.37. The minimum atomic E-state index is -4.81. The summed E-state index contributed by atoms with van der Waals surface area (Å²) in [5, 5.41) is 2.43. The minimum Gasteiger partial charge on any atom is -0.352 e. The fourth-order valence-corrected chi connectivity index (χ4v) is 1.73. The third-order valence-corrected chi connectivity index (χ3v) is 2.79. The molecule has 2 nitrogen and oxygen atoms in total. The first-order chi connectivity index (χ1) is 9.23. The Labute approximate surface area is 115 Å². The van der Waals surface area contributed by atoms with Crippen LogP contribution in [0.5, 0.6) is 0 Å². The summed E-state index contributed by atoms with van der Waals surface area (Å²) in [5.74, 6) is -1.88. The number of halogens is 4. The zero-order valence-electron chi connectivity index (χ0n) is 11.4. The van der Waals surface area contributed by atoms with E-state index in [4.69, 9.17) is 0 Å². The number of amides is 1. The number of alkyl halides is 3. The molecule has 0 aliphatic rings. The van der Waals surface area contributed by atoms with Crippen LogP contribution < -0.4 is 5.32 Å². The number of benzene rings is 1. The third-order valence-electron chi connectivity index (χ3n) is 2.79. The topological polar surface area (TPSA) is 29.1 Å². The predicted molar refractivity (Wildman–Crippen MR) is 67.8 cm³/mol. The molecule has 1 aromatic rings. The van der Waals surface area contributed by atoms with Crippen LogP contribution in [0, 0.1) is 11.7 Å². The van der Waals surface area contributed by atoms with Crippen molar-refractivity contribution in [2.24, 2.45) is 5.92 Å². The molecule has 1 rings (SSSR count). The van der Waals surface area contributed by atoms with Gasteiger partial charge in [0.25, 0.3) is 5.91 Å². The van der Waals surface area contributed by atoms with Crippen LogP contribution in [-0.2, 0) is 6.18 Å². The van der Waals surface area contributed by atoms with Crippen molar-refractivity contribution in [2.75, 3.05) is 6.54 Å². The van der Waals surface area contributed by atoms with Crippen molar-refractivity contribution in [3.63, 3.8) is 0 Å². The Morgan fingerprint density at radius 3 is 2.50 bits per heavy atom. The van der Waals surface area contributed by atoms with Gasteiger partial charge in [-0.1, -0.05) is 19.9 Å². The average Bonchev–Trinajstić information content (AvgIpc) is 2.33. The van der Waals surface area contributed by atoms with E-state index in [1.165, 1.54) is 0 Å². The van der Waals surface area contributed by atoms with Gasteiger partial charge < -0.3 is 5.32 Å². The van der Waals surface area contributed by atoms with Gasteiger partial charge in [0.05, 0.1) is 11.1 Å². The van der Waals surface area contributed by atoms with Gasteiger partial charge in [-0.2, -0.15) is 13.2 Å². The first-order valence-corrected chi connectivity index (χ1v) is 6.37. The molecular formula is C14H17F4NO. The number of rotatable bonds is 5. The smallest absolute Gasteiger partial charge is 0.352 e. The summed E-state index contributed by atoms with van der Waals surface area (Å²) in [4.78, 5) is 11.7. The molecule has 0 saturated heterocycles. The summed E-state index contributed by atoms with van der Waals surface area (Å²) in [5.41, 5.74) is -2.00. The van der Waals surface area contributed by atoms with Crippen LogP contribution >= 0.6 is 0 Å². The molecule has 0 bridgehead atoms. The van der Waals surface area contributed by atoms with E-state index in [9.17, 15) is 22.4 Å². The van der Waals surface area contributed by atoms with E-state index in [2.05, 4.69) is 5.32 Å². The van der Waals surface area contributed by atoms with Gasteiger partial charge in [-0.25, -0.2) is 4.39 Å². The molecule has 6 heteroatoms. The minimum absolute atomic E-state index is 0.312. The van der Waals surface area contributed by atoms with Crippen molar-refractivity contribution in [1.29, 1.82) is 0 Å². The van der Waals surface area contributed by atoms with Gasteiger partial charge in [0.15, 0.2) is 0 Å². The molecule has 1 amide bonds. The van der Waals surface area contributed by atoms with E-state index in [1.54, 1.807) is 0 Å². The maximum Gasteiger partial charge on any atom is 0.419 e. The second kappa shape index (κ2) is 6.72. The molecule has 112 valence electrons. The Kier molecular flexibility index (Phi) is 5.53. The number of carbonyl (C=O) groups is 1. The molecule has 1 aromatic carbocycles. The van der Waals surface area contributed by atoms with E-state index in [1.807, 2.05) is 13.8 Å². The monoisotopic (exact) mass is 291 g/mol. The molecule has 0 unspecified atom stereocenters. The molecule has 0 heterocycles. The van der Waals surface area contributed by atoms with Gasteiger partial charge in [0.1, 0.15) is 5.82 Å². The summed E-state index contributed by atoms with van der Waals surface area (Å²) in [6, 6.07) is 2.68. The van der Waals surface area contributed by atoms with Crippen molar-refractivity contribution in [3.05, 3.63) is 35.1 Å². The maximum atomic E-state index is 13.7. The van der Waals surface area contributed by atoms with Crippen LogP contribution in [0.25, 0.3) is 0 Å². The lowest BCUT2D eigenvalue weighted by Crippen LogP contribution is -2.26. The molecule has 0 aliphatic carbocycles. The van der Waals surface area contributed by atoms with Gasteiger partial charge in [-0.05, 0) is 30.9 Å². The Hall–Kier alpha value is -1.59. The van der Waals surface area contributed by atoms with Gasteiger partial charge in [-0.3, -0.25) is 4.79 Å². The number of carbonyl (C=O) groups excluding carboxylic acids is 1. The number of nitrogens with one attached hydrogen (secondary N) is 1. The molecule has 0 atom stereocenters. The molecular weight excluding hydrogens is 274 g/mol. The largest absolute Gasteiger partial charge is 0.419 e. The normalized spacial score (nSPS) is 11.8. The standard InChI is InChI=1S/C14H17F4NO/c1-9(2)5-4-8-19-13(20)10-6-3-7-11(12(10)15)14(16,17)18/h3,6-7,9H,4-5,8H2,1-2H3,(H,19,20). The Balaban J connectivity index is 2.74. The highest BCUT2D eigenvalue weighted by atomic mass is 19.4. The molecule has 0 aromatic heterocycles. The van der Waals surface area contributed by atoms with E-state index >= 15 is 0 Å². The summed E-state index contributed by atoms with van der Waals surface area (Å²) >= 11 is 0. The lowest BCUT2D eigenvalue weighted by atomic mass is 10.1. The van der Waals surface area contributed by atoms with E-state index in [-0.39, 0.29) is 0 Å². The van der Waals surface area contributed by atoms with Gasteiger partial charge in [0.2, 0.25) is 0 Å². The second-order valence-electron chi connectivity index (χ2n) is 4.96. The van der Waals surface area contributed by atoms with Crippen LogP contribution in [0.1, 0.15) is 42.6 Å². The van der Waals surface area contributed by atoms with E-state index < -0.39 is 29.0 Å². The van der Waals surface area contributed by atoms with Crippen LogP contribution in [0.3, 0.4) is 0 Å². The van der Waals surface area contributed by atoms with E-state index in [0.717, 1.165) is 18.6 Å². The third kappa shape index (κ3) is 4.51. The van der Waals surface area contributed by atoms with Crippen LogP contribution in [0.4, 0.5) is 17.6 Å². The summed E-state index contributed by atoms with van der Waals surface area (Å²) < 4.78 is 51.2. The molecule has 0 saturated carbocycles.